The van der Waals surface area contributed by atoms with E-state index in [1.165, 1.54) is 11.6 Å². The number of primary amides is 1. The maximum Gasteiger partial charge on any atom is 0.247 e. The highest BCUT2D eigenvalue weighted by molar-refractivity contribution is 5.96. The van der Waals surface area contributed by atoms with E-state index in [2.05, 4.69) is 0 Å². The average molecular weight is 415 g/mol. The van der Waals surface area contributed by atoms with Crippen LogP contribution in [0.25, 0.3) is 23.0 Å². The Morgan fingerprint density at radius 3 is 2.52 bits per heavy atom. The summed E-state index contributed by atoms with van der Waals surface area (Å²) in [7, 11) is 0. The normalized spacial score (nSPS) is 16.5. The Bertz CT molecular complexity index is 1100. The lowest BCUT2D eigenvalue weighted by atomic mass is 10.0. The van der Waals surface area contributed by atoms with Gasteiger partial charge in [-0.15, -0.1) is 0 Å². The zero-order valence-corrected chi connectivity index (χ0v) is 17.6. The van der Waals surface area contributed by atoms with Crippen LogP contribution in [0.15, 0.2) is 66.9 Å². The first-order chi connectivity index (χ1) is 15.0. The first-order valence-corrected chi connectivity index (χ1v) is 10.5. The predicted octanol–water partition coefficient (Wildman–Crippen LogP) is 3.73. The summed E-state index contributed by atoms with van der Waals surface area (Å²) in [4.78, 5) is 26.2. The molecule has 3 aromatic rings. The molecule has 6 heteroatoms. The van der Waals surface area contributed by atoms with E-state index in [-0.39, 0.29) is 5.91 Å². The van der Waals surface area contributed by atoms with E-state index < -0.39 is 11.9 Å². The van der Waals surface area contributed by atoms with Crippen LogP contribution in [0.4, 0.5) is 0 Å². The van der Waals surface area contributed by atoms with Crippen LogP contribution < -0.4 is 5.73 Å². The standard InChI is InChI=1S/C25H26N4O2/c1-18-10-12-19(13-11-18)24-20(17-29(27-24)21-7-3-2-4-8-21)14-15-23(30)28-16-6-5-9-22(28)25(26)31/h2-4,7-8,10-15,17,22H,5-6,9,16H2,1H3,(H2,26,31). The third kappa shape index (κ3) is 4.58. The topological polar surface area (TPSA) is 81.2 Å². The Hall–Kier alpha value is -3.67. The van der Waals surface area contributed by atoms with Gasteiger partial charge in [0.25, 0.3) is 0 Å². The molecule has 4 rings (SSSR count). The van der Waals surface area contributed by atoms with Gasteiger partial charge in [0.05, 0.1) is 11.4 Å². The van der Waals surface area contributed by atoms with Crippen molar-refractivity contribution in [3.05, 3.63) is 78.0 Å². The number of aryl methyl sites for hydroxylation is 1. The van der Waals surface area contributed by atoms with Gasteiger partial charge in [-0.3, -0.25) is 9.59 Å². The molecule has 0 spiro atoms. The largest absolute Gasteiger partial charge is 0.368 e. The number of carbonyl (C=O) groups excluding carboxylic acids is 2. The zero-order chi connectivity index (χ0) is 21.8. The number of piperidine rings is 1. The Labute approximate surface area is 182 Å². The molecule has 31 heavy (non-hydrogen) atoms. The molecule has 0 saturated carbocycles. The second-order valence-corrected chi connectivity index (χ2v) is 7.86. The van der Waals surface area contributed by atoms with Crippen LogP contribution in [0.1, 0.15) is 30.4 Å². The van der Waals surface area contributed by atoms with E-state index in [1.54, 1.807) is 11.0 Å². The molecule has 2 amide bonds. The highest BCUT2D eigenvalue weighted by Crippen LogP contribution is 2.26. The molecule has 0 aliphatic carbocycles. The first kappa shape index (κ1) is 20.6. The lowest BCUT2D eigenvalue weighted by molar-refractivity contribution is -0.137. The number of carbonyl (C=O) groups is 2. The van der Waals surface area contributed by atoms with Gasteiger partial charge >= 0.3 is 0 Å². The molecular formula is C25H26N4O2. The van der Waals surface area contributed by atoms with Crippen LogP contribution in [0.3, 0.4) is 0 Å². The van der Waals surface area contributed by atoms with Crippen molar-refractivity contribution in [3.63, 3.8) is 0 Å². The van der Waals surface area contributed by atoms with Crippen LogP contribution >= 0.6 is 0 Å². The fourth-order valence-electron chi connectivity index (χ4n) is 3.91. The van der Waals surface area contributed by atoms with Crippen molar-refractivity contribution in [3.8, 4) is 16.9 Å². The van der Waals surface area contributed by atoms with E-state index in [9.17, 15) is 9.59 Å². The number of para-hydroxylation sites is 1. The van der Waals surface area contributed by atoms with Gasteiger partial charge in [-0.05, 0) is 44.4 Å². The Morgan fingerprint density at radius 2 is 1.81 bits per heavy atom. The number of aromatic nitrogens is 2. The van der Waals surface area contributed by atoms with E-state index in [4.69, 9.17) is 10.8 Å². The van der Waals surface area contributed by atoms with Crippen LogP contribution in [-0.4, -0.2) is 39.1 Å². The smallest absolute Gasteiger partial charge is 0.247 e. The summed E-state index contributed by atoms with van der Waals surface area (Å²) >= 11 is 0. The van der Waals surface area contributed by atoms with Crippen molar-refractivity contribution < 1.29 is 9.59 Å². The molecular weight excluding hydrogens is 388 g/mol. The molecule has 2 N–H and O–H groups in total. The van der Waals surface area contributed by atoms with Gasteiger partial charge in [0.2, 0.25) is 11.8 Å². The van der Waals surface area contributed by atoms with Crippen molar-refractivity contribution in [1.82, 2.24) is 14.7 Å². The first-order valence-electron chi connectivity index (χ1n) is 10.5. The molecule has 1 aliphatic heterocycles. The van der Waals surface area contributed by atoms with Crippen LogP contribution in [0.2, 0.25) is 0 Å². The third-order valence-electron chi connectivity index (χ3n) is 5.61. The van der Waals surface area contributed by atoms with Gasteiger partial charge in [0.1, 0.15) is 6.04 Å². The van der Waals surface area contributed by atoms with Crippen LogP contribution in [0.5, 0.6) is 0 Å². The van der Waals surface area contributed by atoms with Gasteiger partial charge in [-0.2, -0.15) is 5.10 Å². The summed E-state index contributed by atoms with van der Waals surface area (Å²) in [6.07, 6.45) is 7.61. The molecule has 1 atom stereocenters. The van der Waals surface area contributed by atoms with Crippen molar-refractivity contribution in [2.24, 2.45) is 5.73 Å². The lowest BCUT2D eigenvalue weighted by Gasteiger charge is -2.32. The summed E-state index contributed by atoms with van der Waals surface area (Å²) in [6.45, 7) is 2.59. The summed E-state index contributed by atoms with van der Waals surface area (Å²) in [5, 5.41) is 4.78. The predicted molar refractivity (Wildman–Crippen MR) is 121 cm³/mol. The minimum Gasteiger partial charge on any atom is -0.368 e. The van der Waals surface area contributed by atoms with Gasteiger partial charge < -0.3 is 10.6 Å². The number of amides is 2. The average Bonchev–Trinajstić information content (AvgIpc) is 3.23. The van der Waals surface area contributed by atoms with E-state index in [0.717, 1.165) is 35.3 Å². The molecule has 0 bridgehead atoms. The number of hydrogen-bond acceptors (Lipinski definition) is 3. The lowest BCUT2D eigenvalue weighted by Crippen LogP contribution is -2.49. The molecule has 0 radical (unpaired) electrons. The van der Waals surface area contributed by atoms with E-state index in [1.807, 2.05) is 72.4 Å². The summed E-state index contributed by atoms with van der Waals surface area (Å²) in [5.74, 6) is -0.649. The summed E-state index contributed by atoms with van der Waals surface area (Å²) in [5.41, 5.74) is 10.2. The SMILES string of the molecule is Cc1ccc(-c2nn(-c3ccccc3)cc2C=CC(=O)N2CCCCC2C(N)=O)cc1. The molecule has 2 heterocycles. The second-order valence-electron chi connectivity index (χ2n) is 7.86. The quantitative estimate of drug-likeness (QED) is 0.646. The highest BCUT2D eigenvalue weighted by atomic mass is 16.2. The fourth-order valence-corrected chi connectivity index (χ4v) is 3.91. The van der Waals surface area contributed by atoms with Crippen molar-refractivity contribution in [1.29, 1.82) is 0 Å². The van der Waals surface area contributed by atoms with Gasteiger partial charge in [0.15, 0.2) is 0 Å². The highest BCUT2D eigenvalue weighted by Gasteiger charge is 2.29. The van der Waals surface area contributed by atoms with Crippen LogP contribution in [0, 0.1) is 6.92 Å². The minimum atomic E-state index is -0.533. The molecule has 2 aromatic carbocycles. The van der Waals surface area contributed by atoms with E-state index >= 15 is 0 Å². The molecule has 1 saturated heterocycles. The number of likely N-dealkylation sites (tertiary alicyclic amines) is 1. The zero-order valence-electron chi connectivity index (χ0n) is 17.6. The number of nitrogens with two attached hydrogens (primary N) is 1. The van der Waals surface area contributed by atoms with Gasteiger partial charge in [0, 0.05) is 29.9 Å². The third-order valence-corrected chi connectivity index (χ3v) is 5.61. The van der Waals surface area contributed by atoms with Crippen molar-refractivity contribution >= 4 is 17.9 Å². The molecule has 1 unspecified atom stereocenters. The maximum absolute atomic E-state index is 12.9. The second kappa shape index (κ2) is 9.00. The minimum absolute atomic E-state index is 0.203. The van der Waals surface area contributed by atoms with E-state index in [0.29, 0.717) is 13.0 Å². The van der Waals surface area contributed by atoms with Gasteiger partial charge in [-0.25, -0.2) is 4.68 Å². The molecule has 1 aromatic heterocycles. The number of hydrogen-bond donors (Lipinski definition) is 1. The summed E-state index contributed by atoms with van der Waals surface area (Å²) < 4.78 is 1.81. The van der Waals surface area contributed by atoms with Crippen LogP contribution in [-0.2, 0) is 9.59 Å². The van der Waals surface area contributed by atoms with Crippen molar-refractivity contribution in [2.45, 2.75) is 32.2 Å². The monoisotopic (exact) mass is 414 g/mol. The number of nitrogens with zero attached hydrogens (tertiary/aromatic N) is 3. The molecule has 158 valence electrons. The Morgan fingerprint density at radius 1 is 1.06 bits per heavy atom. The molecule has 1 aliphatic rings. The molecule has 1 fully saturated rings. The Balaban J connectivity index is 1.67. The van der Waals surface area contributed by atoms with Crippen molar-refractivity contribution in [2.75, 3.05) is 6.54 Å². The number of rotatable bonds is 5. The Kier molecular flexibility index (Phi) is 5.98. The summed E-state index contributed by atoms with van der Waals surface area (Å²) in [6, 6.07) is 17.5. The van der Waals surface area contributed by atoms with Gasteiger partial charge in [-0.1, -0.05) is 48.0 Å². The number of benzene rings is 2. The molecule has 6 nitrogen and oxygen atoms in total. The fraction of sp³-hybridized carbons (Fsp3) is 0.240. The maximum atomic E-state index is 12.9.